The molecular weight excluding hydrogens is 256 g/mol. The smallest absolute Gasteiger partial charge is 0.315 e. The predicted octanol–water partition coefficient (Wildman–Crippen LogP) is 1.40. The number of hydrogen-bond donors (Lipinski definition) is 3. The third-order valence-corrected chi connectivity index (χ3v) is 2.32. The highest BCUT2D eigenvalue weighted by Gasteiger charge is 2.06. The van der Waals surface area contributed by atoms with E-state index in [2.05, 4.69) is 10.6 Å². The predicted molar refractivity (Wildman–Crippen MR) is 70.0 cm³/mol. The fourth-order valence-electron chi connectivity index (χ4n) is 1.28. The average molecular weight is 273 g/mol. The van der Waals surface area contributed by atoms with Crippen LogP contribution in [0.5, 0.6) is 5.75 Å². The van der Waals surface area contributed by atoms with Gasteiger partial charge in [0.15, 0.2) is 0 Å². The second-order valence-corrected chi connectivity index (χ2v) is 4.18. The van der Waals surface area contributed by atoms with Crippen molar-refractivity contribution in [2.24, 2.45) is 0 Å². The number of aliphatic hydroxyl groups excluding tert-OH is 1. The molecule has 100 valence electrons. The second-order valence-electron chi connectivity index (χ2n) is 3.75. The molecule has 0 heterocycles. The van der Waals surface area contributed by atoms with Crippen molar-refractivity contribution in [3.63, 3.8) is 0 Å². The van der Waals surface area contributed by atoms with Crippen LogP contribution in [0.3, 0.4) is 0 Å². The highest BCUT2D eigenvalue weighted by molar-refractivity contribution is 6.30. The minimum atomic E-state index is -0.328. The number of urea groups is 1. The molecule has 0 fully saturated rings. The molecule has 0 aliphatic carbocycles. The Bertz CT molecular complexity index is 387. The van der Waals surface area contributed by atoms with Gasteiger partial charge in [0, 0.05) is 11.6 Å². The normalized spacial score (nSPS) is 11.7. The lowest BCUT2D eigenvalue weighted by Gasteiger charge is -2.15. The molecule has 18 heavy (non-hydrogen) atoms. The van der Waals surface area contributed by atoms with E-state index >= 15 is 0 Å². The highest BCUT2D eigenvalue weighted by atomic mass is 35.5. The molecule has 1 aromatic carbocycles. The Morgan fingerprint density at radius 1 is 1.50 bits per heavy atom. The monoisotopic (exact) mass is 272 g/mol. The minimum absolute atomic E-state index is 0.0814. The number of carbonyl (C=O) groups excluding carboxylic acids is 1. The molecule has 3 N–H and O–H groups in total. The first-order chi connectivity index (χ1) is 8.61. The Kier molecular flexibility index (Phi) is 6.32. The number of amides is 2. The van der Waals surface area contributed by atoms with Crippen LogP contribution in [-0.2, 0) is 0 Å². The lowest BCUT2D eigenvalue weighted by molar-refractivity contribution is 0.206. The Hall–Kier alpha value is -1.46. The Morgan fingerprint density at radius 3 is 2.94 bits per heavy atom. The quantitative estimate of drug-likeness (QED) is 0.733. The molecule has 0 bridgehead atoms. The van der Waals surface area contributed by atoms with E-state index in [9.17, 15) is 4.79 Å². The molecule has 0 aliphatic heterocycles. The summed E-state index contributed by atoms with van der Waals surface area (Å²) in [7, 11) is 0. The lowest BCUT2D eigenvalue weighted by Crippen LogP contribution is -2.41. The minimum Gasteiger partial charge on any atom is -0.489 e. The van der Waals surface area contributed by atoms with Crippen molar-refractivity contribution in [3.8, 4) is 5.75 Å². The van der Waals surface area contributed by atoms with Gasteiger partial charge in [-0.2, -0.15) is 0 Å². The molecule has 1 atom stereocenters. The Labute approximate surface area is 111 Å². The SMILES string of the molecule is CC(CNC(=O)NCCO)Oc1cccc(Cl)c1. The average Bonchev–Trinajstić information content (AvgIpc) is 2.34. The first-order valence-electron chi connectivity index (χ1n) is 5.66. The van der Waals surface area contributed by atoms with Gasteiger partial charge in [0.1, 0.15) is 11.9 Å². The topological polar surface area (TPSA) is 70.6 Å². The van der Waals surface area contributed by atoms with E-state index in [0.717, 1.165) is 0 Å². The van der Waals surface area contributed by atoms with Crippen molar-refractivity contribution >= 4 is 17.6 Å². The van der Waals surface area contributed by atoms with E-state index < -0.39 is 0 Å². The molecule has 1 rings (SSSR count). The number of hydrogen-bond acceptors (Lipinski definition) is 3. The van der Waals surface area contributed by atoms with Crippen molar-refractivity contribution in [2.45, 2.75) is 13.0 Å². The van der Waals surface area contributed by atoms with Gasteiger partial charge in [-0.1, -0.05) is 17.7 Å². The van der Waals surface area contributed by atoms with Crippen LogP contribution in [-0.4, -0.2) is 36.9 Å². The maximum absolute atomic E-state index is 11.2. The second kappa shape index (κ2) is 7.79. The van der Waals surface area contributed by atoms with Crippen LogP contribution < -0.4 is 15.4 Å². The lowest BCUT2D eigenvalue weighted by atomic mass is 10.3. The fourth-order valence-corrected chi connectivity index (χ4v) is 1.46. The van der Waals surface area contributed by atoms with E-state index in [0.29, 0.717) is 17.3 Å². The van der Waals surface area contributed by atoms with Gasteiger partial charge < -0.3 is 20.5 Å². The number of rotatable bonds is 6. The number of halogens is 1. The Morgan fingerprint density at radius 2 is 2.28 bits per heavy atom. The molecule has 0 saturated carbocycles. The van der Waals surface area contributed by atoms with Crippen molar-refractivity contribution in [1.29, 1.82) is 0 Å². The third-order valence-electron chi connectivity index (χ3n) is 2.08. The van der Waals surface area contributed by atoms with Crippen molar-refractivity contribution in [2.75, 3.05) is 19.7 Å². The molecule has 0 aromatic heterocycles. The highest BCUT2D eigenvalue weighted by Crippen LogP contribution is 2.18. The van der Waals surface area contributed by atoms with Crippen LogP contribution in [0.1, 0.15) is 6.92 Å². The zero-order valence-electron chi connectivity index (χ0n) is 10.1. The van der Waals surface area contributed by atoms with Gasteiger partial charge in [-0.05, 0) is 25.1 Å². The molecule has 6 heteroatoms. The van der Waals surface area contributed by atoms with Crippen LogP contribution >= 0.6 is 11.6 Å². The molecule has 0 spiro atoms. The first-order valence-corrected chi connectivity index (χ1v) is 6.04. The van der Waals surface area contributed by atoms with Crippen molar-refractivity contribution in [3.05, 3.63) is 29.3 Å². The summed E-state index contributed by atoms with van der Waals surface area (Å²) in [5.41, 5.74) is 0. The van der Waals surface area contributed by atoms with Gasteiger partial charge in [-0.3, -0.25) is 0 Å². The molecule has 1 unspecified atom stereocenters. The summed E-state index contributed by atoms with van der Waals surface area (Å²) in [5, 5.41) is 14.3. The molecule has 0 radical (unpaired) electrons. The van der Waals surface area contributed by atoms with Gasteiger partial charge in [0.2, 0.25) is 0 Å². The zero-order chi connectivity index (χ0) is 13.4. The van der Waals surface area contributed by atoms with E-state index in [1.54, 1.807) is 24.3 Å². The maximum atomic E-state index is 11.2. The number of benzene rings is 1. The van der Waals surface area contributed by atoms with E-state index in [1.807, 2.05) is 6.92 Å². The third kappa shape index (κ3) is 5.75. The fraction of sp³-hybridized carbons (Fsp3) is 0.417. The number of aliphatic hydroxyl groups is 1. The molecule has 0 saturated heterocycles. The van der Waals surface area contributed by atoms with Gasteiger partial charge in [-0.25, -0.2) is 4.79 Å². The number of ether oxygens (including phenoxy) is 1. The van der Waals surface area contributed by atoms with Crippen LogP contribution in [0, 0.1) is 0 Å². The summed E-state index contributed by atoms with van der Waals surface area (Å²) in [6.07, 6.45) is -0.177. The van der Waals surface area contributed by atoms with Crippen molar-refractivity contribution < 1.29 is 14.6 Å². The van der Waals surface area contributed by atoms with Crippen LogP contribution in [0.2, 0.25) is 5.02 Å². The van der Waals surface area contributed by atoms with Crippen molar-refractivity contribution in [1.82, 2.24) is 10.6 Å². The van der Waals surface area contributed by atoms with Gasteiger partial charge in [0.05, 0.1) is 13.2 Å². The first kappa shape index (κ1) is 14.6. The summed E-state index contributed by atoms with van der Waals surface area (Å²) in [5.74, 6) is 0.660. The number of carbonyl (C=O) groups is 1. The largest absolute Gasteiger partial charge is 0.489 e. The molecular formula is C12H17ClN2O3. The van der Waals surface area contributed by atoms with Gasteiger partial charge in [-0.15, -0.1) is 0 Å². The van der Waals surface area contributed by atoms with Gasteiger partial charge in [0.25, 0.3) is 0 Å². The van der Waals surface area contributed by atoms with E-state index in [-0.39, 0.29) is 25.3 Å². The van der Waals surface area contributed by atoms with E-state index in [4.69, 9.17) is 21.4 Å². The maximum Gasteiger partial charge on any atom is 0.315 e. The summed E-state index contributed by atoms with van der Waals surface area (Å²) in [6.45, 7) is 2.36. The van der Waals surface area contributed by atoms with E-state index in [1.165, 1.54) is 0 Å². The summed E-state index contributed by atoms with van der Waals surface area (Å²) >= 11 is 5.83. The van der Waals surface area contributed by atoms with Crippen LogP contribution in [0.25, 0.3) is 0 Å². The molecule has 1 aromatic rings. The van der Waals surface area contributed by atoms with Crippen LogP contribution in [0.15, 0.2) is 24.3 Å². The molecule has 5 nitrogen and oxygen atoms in total. The van der Waals surface area contributed by atoms with Crippen LogP contribution in [0.4, 0.5) is 4.79 Å². The van der Waals surface area contributed by atoms with Gasteiger partial charge >= 0.3 is 6.03 Å². The molecule has 2 amide bonds. The zero-order valence-corrected chi connectivity index (χ0v) is 10.9. The molecule has 0 aliphatic rings. The standard InChI is InChI=1S/C12H17ClN2O3/c1-9(8-15-12(17)14-5-6-16)18-11-4-2-3-10(13)7-11/h2-4,7,9,16H,5-6,8H2,1H3,(H2,14,15,17). The Balaban J connectivity index is 2.29. The summed E-state index contributed by atoms with van der Waals surface area (Å²) in [6, 6.07) is 6.74. The number of nitrogens with one attached hydrogen (secondary N) is 2. The summed E-state index contributed by atoms with van der Waals surface area (Å²) < 4.78 is 5.57. The summed E-state index contributed by atoms with van der Waals surface area (Å²) in [4.78, 5) is 11.2.